The summed E-state index contributed by atoms with van der Waals surface area (Å²) in [5, 5.41) is 2.73. The minimum Gasteiger partial charge on any atom is -0.491 e. The number of amides is 1. The van der Waals surface area contributed by atoms with Crippen LogP contribution in [0.3, 0.4) is 0 Å². The highest BCUT2D eigenvalue weighted by atomic mass is 19.4. The predicted octanol–water partition coefficient (Wildman–Crippen LogP) is 6.10. The number of nitrogens with one attached hydrogen (secondary N) is 1. The molecule has 1 fully saturated rings. The smallest absolute Gasteiger partial charge is 0.416 e. The van der Waals surface area contributed by atoms with E-state index >= 15 is 0 Å². The first-order chi connectivity index (χ1) is 17.9. The van der Waals surface area contributed by atoms with Crippen molar-refractivity contribution in [2.24, 2.45) is 0 Å². The van der Waals surface area contributed by atoms with E-state index in [1.807, 2.05) is 0 Å². The Morgan fingerprint density at radius 3 is 2.45 bits per heavy atom. The number of anilines is 1. The lowest BCUT2D eigenvalue weighted by molar-refractivity contribution is -0.137. The molecule has 0 radical (unpaired) electrons. The summed E-state index contributed by atoms with van der Waals surface area (Å²) in [6, 6.07) is 9.03. The van der Waals surface area contributed by atoms with E-state index in [-0.39, 0.29) is 11.1 Å². The average Bonchev–Trinajstić information content (AvgIpc) is 3.44. The molecule has 0 aliphatic carbocycles. The maximum atomic E-state index is 12.9. The highest BCUT2D eigenvalue weighted by Gasteiger charge is 2.35. The van der Waals surface area contributed by atoms with Crippen LogP contribution in [-0.4, -0.2) is 47.9 Å². The van der Waals surface area contributed by atoms with Crippen molar-refractivity contribution in [3.63, 3.8) is 0 Å². The predicted molar refractivity (Wildman–Crippen MR) is 139 cm³/mol. The Labute approximate surface area is 220 Å². The fourth-order valence-corrected chi connectivity index (χ4v) is 4.62. The van der Waals surface area contributed by atoms with Gasteiger partial charge >= 0.3 is 6.18 Å². The summed E-state index contributed by atoms with van der Waals surface area (Å²) in [5.74, 6) is -0.0524. The van der Waals surface area contributed by atoms with Crippen LogP contribution in [0.4, 0.5) is 18.9 Å². The number of nitrogens with zero attached hydrogens (tertiary/aromatic N) is 1. The second-order valence-corrected chi connectivity index (χ2v) is 10.3. The maximum absolute atomic E-state index is 12.9. The molecule has 0 aromatic heterocycles. The number of benzene rings is 2. The number of rotatable bonds is 8. The molecular weight excluding hydrogens is 497 g/mol. The third kappa shape index (κ3) is 5.93. The van der Waals surface area contributed by atoms with E-state index in [4.69, 9.17) is 9.47 Å². The van der Waals surface area contributed by atoms with Crippen LogP contribution in [0.15, 0.2) is 60.9 Å². The van der Waals surface area contributed by atoms with Crippen molar-refractivity contribution in [2.45, 2.75) is 50.9 Å². The highest BCUT2D eigenvalue weighted by Crippen LogP contribution is 2.39. The van der Waals surface area contributed by atoms with E-state index in [1.165, 1.54) is 6.26 Å². The van der Waals surface area contributed by atoms with Gasteiger partial charge in [-0.15, -0.1) is 0 Å². The molecule has 1 saturated heterocycles. The van der Waals surface area contributed by atoms with Gasteiger partial charge in [-0.3, -0.25) is 14.5 Å². The Hall–Kier alpha value is -3.59. The number of hydrogen-bond acceptors (Lipinski definition) is 5. The van der Waals surface area contributed by atoms with Gasteiger partial charge in [0, 0.05) is 27.9 Å². The number of likely N-dealkylation sites (tertiary alicyclic amines) is 1. The summed E-state index contributed by atoms with van der Waals surface area (Å²) >= 11 is 0. The molecule has 2 aromatic rings. The van der Waals surface area contributed by atoms with Crippen molar-refractivity contribution in [1.82, 2.24) is 4.90 Å². The summed E-state index contributed by atoms with van der Waals surface area (Å²) in [6.07, 6.45) is 3.38. The number of carbonyl (C=O) groups excluding carboxylic acids is 2. The van der Waals surface area contributed by atoms with Gasteiger partial charge in [-0.2, -0.15) is 13.2 Å². The molecule has 38 heavy (non-hydrogen) atoms. The van der Waals surface area contributed by atoms with Crippen molar-refractivity contribution in [3.8, 4) is 5.75 Å². The topological polar surface area (TPSA) is 67.9 Å². The van der Waals surface area contributed by atoms with Gasteiger partial charge in [-0.05, 0) is 95.2 Å². The first-order valence-electron chi connectivity index (χ1n) is 12.5. The largest absolute Gasteiger partial charge is 0.491 e. The third-order valence-electron chi connectivity index (χ3n) is 6.96. The Bertz CT molecular complexity index is 1250. The zero-order chi connectivity index (χ0) is 27.6. The Kier molecular flexibility index (Phi) is 7.69. The standard InChI is InChI=1S/C29H31F3N2O4/c1-27(2,34-14-4-5-15-34)19-37-25-13-12-22(17-23(25)24-7-6-16-38-28(24,3)18-35)33-26(36)20-8-10-21(11-9-20)29(30,31)32/h6-13,16-18H,4-5,14-15,19H2,1-3H3,(H,33,36). The zero-order valence-corrected chi connectivity index (χ0v) is 21.6. The van der Waals surface area contributed by atoms with Crippen molar-refractivity contribution in [1.29, 1.82) is 0 Å². The van der Waals surface area contributed by atoms with Gasteiger partial charge in [0.25, 0.3) is 5.91 Å². The van der Waals surface area contributed by atoms with Gasteiger partial charge in [0.15, 0.2) is 11.9 Å². The SMILES string of the molecule is CC1(C=O)OC=CC=C1c1cc(NC(=O)c2ccc(C(F)(F)F)cc2)ccc1OCC(C)(C)N1CCCC1. The molecular formula is C29H31F3N2O4. The number of carbonyl (C=O) groups is 2. The molecule has 2 heterocycles. The molecule has 202 valence electrons. The number of halogens is 3. The van der Waals surface area contributed by atoms with Crippen LogP contribution >= 0.6 is 0 Å². The van der Waals surface area contributed by atoms with Gasteiger partial charge in [-0.1, -0.05) is 6.08 Å². The molecule has 1 unspecified atom stereocenters. The monoisotopic (exact) mass is 528 g/mol. The molecule has 4 rings (SSSR count). The maximum Gasteiger partial charge on any atom is 0.416 e. The summed E-state index contributed by atoms with van der Waals surface area (Å²) < 4.78 is 50.6. The molecule has 1 atom stereocenters. The summed E-state index contributed by atoms with van der Waals surface area (Å²) in [5.41, 5.74) is -0.740. The van der Waals surface area contributed by atoms with E-state index in [0.29, 0.717) is 35.5 Å². The second kappa shape index (κ2) is 10.6. The fraction of sp³-hybridized carbons (Fsp3) is 0.379. The van der Waals surface area contributed by atoms with Crippen LogP contribution in [0.2, 0.25) is 0 Å². The summed E-state index contributed by atoms with van der Waals surface area (Å²) in [4.78, 5) is 27.2. The van der Waals surface area contributed by atoms with E-state index in [9.17, 15) is 22.8 Å². The summed E-state index contributed by atoms with van der Waals surface area (Å²) in [6.45, 7) is 8.30. The molecule has 2 aromatic carbocycles. The van der Waals surface area contributed by atoms with Gasteiger partial charge in [0.1, 0.15) is 12.4 Å². The fourth-order valence-electron chi connectivity index (χ4n) is 4.62. The van der Waals surface area contributed by atoms with Crippen LogP contribution in [0, 0.1) is 0 Å². The lowest BCUT2D eigenvalue weighted by Crippen LogP contribution is -2.46. The van der Waals surface area contributed by atoms with Gasteiger partial charge < -0.3 is 14.8 Å². The van der Waals surface area contributed by atoms with Crippen LogP contribution in [0.5, 0.6) is 5.75 Å². The first kappa shape index (κ1) is 27.4. The Morgan fingerprint density at radius 1 is 1.13 bits per heavy atom. The molecule has 0 bridgehead atoms. The molecule has 9 heteroatoms. The van der Waals surface area contributed by atoms with Gasteiger partial charge in [0.2, 0.25) is 0 Å². The lowest BCUT2D eigenvalue weighted by atomic mass is 9.88. The normalized spacial score (nSPS) is 20.0. The first-order valence-corrected chi connectivity index (χ1v) is 12.5. The highest BCUT2D eigenvalue weighted by molar-refractivity contribution is 6.04. The number of aldehydes is 1. The Balaban J connectivity index is 1.62. The third-order valence-corrected chi connectivity index (χ3v) is 6.96. The van der Waals surface area contributed by atoms with Gasteiger partial charge in [0.05, 0.1) is 11.8 Å². The molecule has 6 nitrogen and oxygen atoms in total. The van der Waals surface area contributed by atoms with Gasteiger partial charge in [-0.25, -0.2) is 0 Å². The molecule has 2 aliphatic heterocycles. The molecule has 1 amide bonds. The average molecular weight is 529 g/mol. The molecule has 1 N–H and O–H groups in total. The van der Waals surface area contributed by atoms with Crippen molar-refractivity contribution < 1.29 is 32.2 Å². The number of ether oxygens (including phenoxy) is 2. The number of allylic oxidation sites excluding steroid dienone is 2. The van der Waals surface area contributed by atoms with Crippen molar-refractivity contribution in [2.75, 3.05) is 25.0 Å². The number of hydrogen-bond donors (Lipinski definition) is 1. The molecule has 0 spiro atoms. The van der Waals surface area contributed by atoms with E-state index < -0.39 is 23.2 Å². The van der Waals surface area contributed by atoms with Crippen LogP contribution in [0.1, 0.15) is 55.1 Å². The second-order valence-electron chi connectivity index (χ2n) is 10.3. The van der Waals surface area contributed by atoms with Crippen LogP contribution in [0.25, 0.3) is 5.57 Å². The lowest BCUT2D eigenvalue weighted by Gasteiger charge is -2.36. The molecule has 0 saturated carbocycles. The van der Waals surface area contributed by atoms with Crippen LogP contribution in [-0.2, 0) is 15.7 Å². The molecule has 2 aliphatic rings. The zero-order valence-electron chi connectivity index (χ0n) is 21.6. The Morgan fingerprint density at radius 2 is 1.82 bits per heavy atom. The quantitative estimate of drug-likeness (QED) is 0.420. The minimum absolute atomic E-state index is 0.0770. The van der Waals surface area contributed by atoms with E-state index in [2.05, 4.69) is 24.1 Å². The van der Waals surface area contributed by atoms with Crippen molar-refractivity contribution in [3.05, 3.63) is 77.6 Å². The van der Waals surface area contributed by atoms with E-state index in [1.54, 1.807) is 37.3 Å². The minimum atomic E-state index is -4.49. The van der Waals surface area contributed by atoms with Crippen LogP contribution < -0.4 is 10.1 Å². The van der Waals surface area contributed by atoms with Crippen molar-refractivity contribution >= 4 is 23.5 Å². The van der Waals surface area contributed by atoms with E-state index in [0.717, 1.165) is 50.2 Å². The summed E-state index contributed by atoms with van der Waals surface area (Å²) in [7, 11) is 0. The number of alkyl halides is 3.